The van der Waals surface area contributed by atoms with Crippen molar-refractivity contribution >= 4 is 6.03 Å². The Bertz CT molecular complexity index is 1250. The van der Waals surface area contributed by atoms with Gasteiger partial charge in [0.15, 0.2) is 0 Å². The Balaban J connectivity index is 0.000000591. The fourth-order valence-electron chi connectivity index (χ4n) is 3.04. The normalized spacial score (nSPS) is 12.0. The Kier molecular flexibility index (Phi) is 9.60. The van der Waals surface area contributed by atoms with Crippen molar-refractivity contribution < 1.29 is 39.9 Å². The minimum atomic E-state index is -5.11. The lowest BCUT2D eigenvalue weighted by Crippen LogP contribution is -2.42. The topological polar surface area (TPSA) is 64.9 Å². The van der Waals surface area contributed by atoms with Crippen LogP contribution in [0.4, 0.5) is 39.9 Å². The zero-order valence-electron chi connectivity index (χ0n) is 19.0. The lowest BCUT2D eigenvalue weighted by molar-refractivity contribution is -0.140. The molecule has 3 rings (SSSR count). The Morgan fingerprint density at radius 1 is 0.919 bits per heavy atom. The summed E-state index contributed by atoms with van der Waals surface area (Å²) in [6, 6.07) is 13.0. The number of carbonyl (C=O) groups is 1. The first kappa shape index (κ1) is 29.1. The molecule has 0 fully saturated rings. The van der Waals surface area contributed by atoms with Crippen LogP contribution in [0, 0.1) is 29.9 Å². The number of alkyl halides is 6. The Labute approximate surface area is 206 Å². The summed E-state index contributed by atoms with van der Waals surface area (Å²) in [5.74, 6) is -2.60. The number of halogens is 8. The maximum absolute atomic E-state index is 13.8. The van der Waals surface area contributed by atoms with E-state index in [1.54, 1.807) is 6.07 Å². The van der Waals surface area contributed by atoms with Crippen molar-refractivity contribution in [3.63, 3.8) is 0 Å². The highest BCUT2D eigenvalue weighted by Crippen LogP contribution is 2.34. The molecule has 0 unspecified atom stereocenters. The van der Waals surface area contributed by atoms with Crippen molar-refractivity contribution in [2.24, 2.45) is 0 Å². The number of urea groups is 1. The minimum absolute atomic E-state index is 0.242. The fourth-order valence-corrected chi connectivity index (χ4v) is 3.04. The molecule has 0 aliphatic rings. The van der Waals surface area contributed by atoms with Crippen molar-refractivity contribution in [2.45, 2.75) is 25.3 Å². The standard InChI is InChI=1S/C18H11F8N3O.C7H8/c19-12-4-9(7-27)3-11(5-12)15(29-16(30)28-8-17(21,22)23)10-1-2-14(20)13(6-10)18(24,25)26;1-7-5-3-2-4-6-7/h1-6,15H,8H2,(H2,28,29,30);2-6H,1H3/t15-;/m1./s1. The zero-order valence-corrected chi connectivity index (χ0v) is 19.0. The molecule has 0 saturated heterocycles. The summed E-state index contributed by atoms with van der Waals surface area (Å²) in [6.45, 7) is 0.343. The second-order valence-electron chi connectivity index (χ2n) is 7.65. The van der Waals surface area contributed by atoms with Crippen LogP contribution in [0.2, 0.25) is 0 Å². The molecule has 196 valence electrons. The number of rotatable bonds is 4. The van der Waals surface area contributed by atoms with Crippen molar-refractivity contribution in [3.05, 3.63) is 106 Å². The Morgan fingerprint density at radius 2 is 1.57 bits per heavy atom. The molecule has 0 bridgehead atoms. The van der Waals surface area contributed by atoms with Crippen LogP contribution in [0.3, 0.4) is 0 Å². The summed E-state index contributed by atoms with van der Waals surface area (Å²) in [4.78, 5) is 11.9. The van der Waals surface area contributed by atoms with Gasteiger partial charge in [0.2, 0.25) is 0 Å². The molecule has 0 radical (unpaired) electrons. The van der Waals surface area contributed by atoms with Gasteiger partial charge in [0.05, 0.1) is 23.2 Å². The summed E-state index contributed by atoms with van der Waals surface area (Å²) in [5.41, 5.74) is -1.28. The number of amides is 2. The van der Waals surface area contributed by atoms with Crippen LogP contribution in [0.15, 0.2) is 66.7 Å². The van der Waals surface area contributed by atoms with E-state index in [2.05, 4.69) is 19.1 Å². The van der Waals surface area contributed by atoms with Crippen LogP contribution in [0.25, 0.3) is 0 Å². The van der Waals surface area contributed by atoms with E-state index >= 15 is 0 Å². The van der Waals surface area contributed by atoms with E-state index in [0.717, 1.165) is 24.3 Å². The highest BCUT2D eigenvalue weighted by molar-refractivity contribution is 5.75. The molecule has 0 aromatic heterocycles. The lowest BCUT2D eigenvalue weighted by atomic mass is 9.95. The van der Waals surface area contributed by atoms with E-state index in [9.17, 15) is 39.9 Å². The number of benzene rings is 3. The highest BCUT2D eigenvalue weighted by Gasteiger charge is 2.35. The van der Waals surface area contributed by atoms with Gasteiger partial charge in [-0.1, -0.05) is 42.0 Å². The Morgan fingerprint density at radius 3 is 2.08 bits per heavy atom. The number of hydrogen-bond donors (Lipinski definition) is 2. The van der Waals surface area contributed by atoms with Gasteiger partial charge < -0.3 is 10.6 Å². The largest absolute Gasteiger partial charge is 0.419 e. The molecule has 12 heteroatoms. The molecule has 0 spiro atoms. The number of carbonyl (C=O) groups excluding carboxylic acids is 1. The second kappa shape index (κ2) is 12.2. The van der Waals surface area contributed by atoms with E-state index in [1.807, 2.05) is 23.5 Å². The van der Waals surface area contributed by atoms with Crippen molar-refractivity contribution in [3.8, 4) is 6.07 Å². The van der Waals surface area contributed by atoms with Gasteiger partial charge in [0, 0.05) is 0 Å². The first-order valence-electron chi connectivity index (χ1n) is 10.4. The second-order valence-corrected chi connectivity index (χ2v) is 7.65. The van der Waals surface area contributed by atoms with Gasteiger partial charge in [-0.05, 0) is 48.4 Å². The maximum atomic E-state index is 13.8. The van der Waals surface area contributed by atoms with E-state index in [1.165, 1.54) is 10.9 Å². The summed E-state index contributed by atoms with van der Waals surface area (Å²) < 4.78 is 103. The molecule has 2 N–H and O–H groups in total. The van der Waals surface area contributed by atoms with Crippen LogP contribution in [-0.2, 0) is 6.18 Å². The average molecular weight is 529 g/mol. The van der Waals surface area contributed by atoms with Crippen LogP contribution < -0.4 is 10.6 Å². The van der Waals surface area contributed by atoms with Crippen molar-refractivity contribution in [1.29, 1.82) is 5.26 Å². The zero-order chi connectivity index (χ0) is 27.8. The first-order valence-corrected chi connectivity index (χ1v) is 10.4. The lowest BCUT2D eigenvalue weighted by Gasteiger charge is -2.22. The molecule has 4 nitrogen and oxygen atoms in total. The molecule has 1 atom stereocenters. The summed E-state index contributed by atoms with van der Waals surface area (Å²) in [6.07, 6.45) is -9.87. The third-order valence-electron chi connectivity index (χ3n) is 4.68. The molecule has 0 saturated carbocycles. The summed E-state index contributed by atoms with van der Waals surface area (Å²) >= 11 is 0. The summed E-state index contributed by atoms with van der Waals surface area (Å²) in [5, 5.41) is 12.4. The van der Waals surface area contributed by atoms with Gasteiger partial charge in [-0.25, -0.2) is 13.6 Å². The third-order valence-corrected chi connectivity index (χ3v) is 4.68. The Hall–Kier alpha value is -4.14. The SMILES string of the molecule is Cc1ccccc1.N#Cc1cc(F)cc([C@H](NC(=O)NCC(F)(F)F)c2ccc(F)c(C(F)(F)F)c2)c1. The van der Waals surface area contributed by atoms with Crippen LogP contribution >= 0.6 is 0 Å². The van der Waals surface area contributed by atoms with Crippen LogP contribution in [-0.4, -0.2) is 18.8 Å². The number of hydrogen-bond acceptors (Lipinski definition) is 2. The van der Waals surface area contributed by atoms with Crippen LogP contribution in [0.1, 0.15) is 33.9 Å². The predicted octanol–water partition coefficient (Wildman–Crippen LogP) is 6.80. The highest BCUT2D eigenvalue weighted by atomic mass is 19.4. The van der Waals surface area contributed by atoms with E-state index in [-0.39, 0.29) is 11.1 Å². The van der Waals surface area contributed by atoms with Gasteiger partial charge in [0.25, 0.3) is 0 Å². The molecule has 3 aromatic rings. The predicted molar refractivity (Wildman–Crippen MR) is 118 cm³/mol. The molecular formula is C25H19F8N3O. The molecule has 0 heterocycles. The molecule has 0 aliphatic carbocycles. The monoisotopic (exact) mass is 529 g/mol. The van der Waals surface area contributed by atoms with Gasteiger partial charge in [-0.3, -0.25) is 0 Å². The molecule has 0 aliphatic heterocycles. The number of nitriles is 1. The first-order chi connectivity index (χ1) is 17.2. The van der Waals surface area contributed by atoms with E-state index < -0.39 is 53.7 Å². The molecule has 2 amide bonds. The number of aryl methyl sites for hydroxylation is 1. The van der Waals surface area contributed by atoms with Crippen molar-refractivity contribution in [1.82, 2.24) is 10.6 Å². The molecular weight excluding hydrogens is 510 g/mol. The molecule has 3 aromatic carbocycles. The van der Waals surface area contributed by atoms with Gasteiger partial charge in [0.1, 0.15) is 18.2 Å². The van der Waals surface area contributed by atoms with Gasteiger partial charge in [-0.15, -0.1) is 0 Å². The maximum Gasteiger partial charge on any atom is 0.419 e. The van der Waals surface area contributed by atoms with E-state index in [0.29, 0.717) is 12.1 Å². The van der Waals surface area contributed by atoms with Crippen molar-refractivity contribution in [2.75, 3.05) is 6.54 Å². The van der Waals surface area contributed by atoms with Crippen LogP contribution in [0.5, 0.6) is 0 Å². The fraction of sp³-hybridized carbons (Fsp3) is 0.200. The quantitative estimate of drug-likeness (QED) is 0.365. The molecule has 37 heavy (non-hydrogen) atoms. The number of nitrogens with one attached hydrogen (secondary N) is 2. The third kappa shape index (κ3) is 9.44. The van der Waals surface area contributed by atoms with Gasteiger partial charge >= 0.3 is 18.4 Å². The number of nitrogens with zero attached hydrogens (tertiary/aromatic N) is 1. The van der Waals surface area contributed by atoms with Gasteiger partial charge in [-0.2, -0.15) is 31.6 Å². The minimum Gasteiger partial charge on any atom is -0.329 e. The smallest absolute Gasteiger partial charge is 0.329 e. The average Bonchev–Trinajstić information content (AvgIpc) is 2.81. The van der Waals surface area contributed by atoms with E-state index in [4.69, 9.17) is 5.26 Å². The summed E-state index contributed by atoms with van der Waals surface area (Å²) in [7, 11) is 0.